The van der Waals surface area contributed by atoms with Crippen LogP contribution in [0.1, 0.15) is 42.6 Å². The van der Waals surface area contributed by atoms with E-state index in [4.69, 9.17) is 15.2 Å². The minimum atomic E-state index is -0.840. The summed E-state index contributed by atoms with van der Waals surface area (Å²) in [6.07, 6.45) is 5.05. The van der Waals surface area contributed by atoms with Crippen LogP contribution in [0.15, 0.2) is 47.1 Å². The molecule has 0 saturated heterocycles. The molecular weight excluding hydrogens is 465 g/mol. The lowest BCUT2D eigenvalue weighted by molar-refractivity contribution is -0.143. The standard InChI is InChI=1S/C26H32FN5O4/c1-3-36-24(33)14-22(18-7-9-23(35-2)21(27)13-18)32-26(34)19(15-28)16-29-12-10-20-8-6-17-5-4-11-30-25(17)31-20/h6-9,13,15-16,22H,3-5,10-12,14,28H2,1-2H3,(H,30,31)(H,32,34)/t22-/m0/s1. The third-order valence-electron chi connectivity index (χ3n) is 5.68. The number of rotatable bonds is 11. The van der Waals surface area contributed by atoms with Gasteiger partial charge in [-0.15, -0.1) is 0 Å². The van der Waals surface area contributed by atoms with Crippen molar-refractivity contribution in [1.82, 2.24) is 10.3 Å². The van der Waals surface area contributed by atoms with Crippen molar-refractivity contribution >= 4 is 23.9 Å². The van der Waals surface area contributed by atoms with Crippen LogP contribution >= 0.6 is 0 Å². The van der Waals surface area contributed by atoms with E-state index >= 15 is 0 Å². The Labute approximate surface area is 210 Å². The molecule has 4 N–H and O–H groups in total. The molecule has 2 aromatic rings. The molecule has 0 bridgehead atoms. The van der Waals surface area contributed by atoms with Crippen LogP contribution in [0, 0.1) is 5.82 Å². The van der Waals surface area contributed by atoms with Crippen molar-refractivity contribution in [2.75, 3.05) is 32.1 Å². The second kappa shape index (κ2) is 13.2. The van der Waals surface area contributed by atoms with Crippen molar-refractivity contribution in [3.63, 3.8) is 0 Å². The number of pyridine rings is 1. The van der Waals surface area contributed by atoms with Gasteiger partial charge in [0.2, 0.25) is 0 Å². The summed E-state index contributed by atoms with van der Waals surface area (Å²) >= 11 is 0. The second-order valence-corrected chi connectivity index (χ2v) is 8.18. The van der Waals surface area contributed by atoms with Crippen LogP contribution in [0.2, 0.25) is 0 Å². The summed E-state index contributed by atoms with van der Waals surface area (Å²) in [4.78, 5) is 34.0. The molecule has 192 valence electrons. The van der Waals surface area contributed by atoms with E-state index in [-0.39, 0.29) is 24.4 Å². The van der Waals surface area contributed by atoms with E-state index < -0.39 is 23.7 Å². The highest BCUT2D eigenvalue weighted by atomic mass is 19.1. The number of nitrogens with two attached hydrogens (primary N) is 1. The van der Waals surface area contributed by atoms with Crippen LogP contribution in [0.3, 0.4) is 0 Å². The Morgan fingerprint density at radius 1 is 1.33 bits per heavy atom. The number of carbonyl (C=O) groups excluding carboxylic acids is 2. The number of benzene rings is 1. The number of halogens is 1. The SMILES string of the molecule is CCOC(=O)C[C@H](NC(=O)C(C=NCCc1ccc2c(n1)NCCC2)=CN)c1ccc(OC)c(F)c1. The van der Waals surface area contributed by atoms with Gasteiger partial charge in [0.05, 0.1) is 31.8 Å². The van der Waals surface area contributed by atoms with E-state index in [0.717, 1.165) is 37.1 Å². The predicted molar refractivity (Wildman–Crippen MR) is 135 cm³/mol. The van der Waals surface area contributed by atoms with Crippen LogP contribution in [0.25, 0.3) is 0 Å². The number of aryl methyl sites for hydroxylation is 1. The molecule has 10 heteroatoms. The number of nitrogens with zero attached hydrogens (tertiary/aromatic N) is 2. The molecule has 1 aromatic heterocycles. The Bertz CT molecular complexity index is 1140. The Morgan fingerprint density at radius 3 is 2.89 bits per heavy atom. The Hall–Kier alpha value is -3.95. The number of hydrogen-bond acceptors (Lipinski definition) is 8. The van der Waals surface area contributed by atoms with Gasteiger partial charge in [-0.1, -0.05) is 12.1 Å². The first-order valence-corrected chi connectivity index (χ1v) is 11.9. The van der Waals surface area contributed by atoms with Gasteiger partial charge in [-0.25, -0.2) is 9.37 Å². The summed E-state index contributed by atoms with van der Waals surface area (Å²) < 4.78 is 24.2. The third-order valence-corrected chi connectivity index (χ3v) is 5.68. The van der Waals surface area contributed by atoms with E-state index in [1.807, 2.05) is 6.07 Å². The zero-order chi connectivity index (χ0) is 25.9. The van der Waals surface area contributed by atoms with Gasteiger partial charge in [-0.3, -0.25) is 14.6 Å². The zero-order valence-corrected chi connectivity index (χ0v) is 20.6. The predicted octanol–water partition coefficient (Wildman–Crippen LogP) is 2.85. The molecule has 1 aliphatic rings. The molecule has 1 amide bonds. The number of ether oxygens (including phenoxy) is 2. The summed E-state index contributed by atoms with van der Waals surface area (Å²) in [5.74, 6) is -0.716. The highest BCUT2D eigenvalue weighted by Gasteiger charge is 2.22. The summed E-state index contributed by atoms with van der Waals surface area (Å²) in [6.45, 7) is 3.20. The number of hydrogen-bond donors (Lipinski definition) is 3. The highest BCUT2D eigenvalue weighted by molar-refractivity contribution is 6.12. The molecule has 0 aliphatic carbocycles. The maximum absolute atomic E-state index is 14.3. The lowest BCUT2D eigenvalue weighted by Gasteiger charge is -2.19. The first-order valence-electron chi connectivity index (χ1n) is 11.9. The van der Waals surface area contributed by atoms with Gasteiger partial charge in [-0.2, -0.15) is 0 Å². The zero-order valence-electron chi connectivity index (χ0n) is 20.6. The topological polar surface area (TPSA) is 128 Å². The van der Waals surface area contributed by atoms with Gasteiger partial charge in [-0.05, 0) is 49.1 Å². The number of anilines is 1. The van der Waals surface area contributed by atoms with Crippen molar-refractivity contribution in [2.45, 2.75) is 38.6 Å². The number of nitrogens with one attached hydrogen (secondary N) is 2. The summed E-state index contributed by atoms with van der Waals surface area (Å²) in [6, 6.07) is 7.45. The van der Waals surface area contributed by atoms with Crippen molar-refractivity contribution in [1.29, 1.82) is 0 Å². The molecule has 0 radical (unpaired) electrons. The van der Waals surface area contributed by atoms with Crippen molar-refractivity contribution in [3.05, 3.63) is 64.7 Å². The molecule has 0 saturated carbocycles. The Balaban J connectivity index is 1.64. The fourth-order valence-corrected chi connectivity index (χ4v) is 3.81. The first kappa shape index (κ1) is 26.7. The summed E-state index contributed by atoms with van der Waals surface area (Å²) in [7, 11) is 1.35. The number of methoxy groups -OCH3 is 1. The smallest absolute Gasteiger partial charge is 0.308 e. The van der Waals surface area contributed by atoms with Crippen LogP contribution in [0.5, 0.6) is 5.75 Å². The molecule has 0 fully saturated rings. The summed E-state index contributed by atoms with van der Waals surface area (Å²) in [5, 5.41) is 6.03. The lowest BCUT2D eigenvalue weighted by Crippen LogP contribution is -2.32. The number of carbonyl (C=O) groups is 2. The number of aromatic nitrogens is 1. The molecule has 3 rings (SSSR count). The van der Waals surface area contributed by atoms with Gasteiger partial charge in [0.25, 0.3) is 5.91 Å². The van der Waals surface area contributed by atoms with Crippen molar-refractivity contribution in [3.8, 4) is 5.75 Å². The molecule has 9 nitrogen and oxygen atoms in total. The minimum Gasteiger partial charge on any atom is -0.494 e. The number of amides is 1. The van der Waals surface area contributed by atoms with Crippen LogP contribution in [-0.4, -0.2) is 49.9 Å². The van der Waals surface area contributed by atoms with Crippen LogP contribution < -0.4 is 21.1 Å². The summed E-state index contributed by atoms with van der Waals surface area (Å²) in [5.41, 5.74) is 8.28. The largest absolute Gasteiger partial charge is 0.494 e. The van der Waals surface area contributed by atoms with Gasteiger partial charge in [0.15, 0.2) is 11.6 Å². The van der Waals surface area contributed by atoms with Crippen LogP contribution in [0.4, 0.5) is 10.2 Å². The fourth-order valence-electron chi connectivity index (χ4n) is 3.81. The van der Waals surface area contributed by atoms with Gasteiger partial charge >= 0.3 is 5.97 Å². The van der Waals surface area contributed by atoms with E-state index in [2.05, 4.69) is 26.7 Å². The maximum Gasteiger partial charge on any atom is 0.308 e. The van der Waals surface area contributed by atoms with E-state index in [1.54, 1.807) is 13.0 Å². The first-order chi connectivity index (χ1) is 17.4. The normalized spacial score (nSPS) is 14.0. The number of aliphatic imine (C=N–C) groups is 1. The average molecular weight is 498 g/mol. The highest BCUT2D eigenvalue weighted by Crippen LogP contribution is 2.24. The van der Waals surface area contributed by atoms with E-state index in [1.165, 1.54) is 31.0 Å². The van der Waals surface area contributed by atoms with E-state index in [0.29, 0.717) is 18.5 Å². The van der Waals surface area contributed by atoms with Gasteiger partial charge in [0.1, 0.15) is 5.82 Å². The molecule has 2 heterocycles. The number of esters is 1. The molecule has 0 spiro atoms. The van der Waals surface area contributed by atoms with Crippen molar-refractivity contribution in [2.24, 2.45) is 10.7 Å². The third kappa shape index (κ3) is 7.27. The fraction of sp³-hybridized carbons (Fsp3) is 0.385. The van der Waals surface area contributed by atoms with Crippen LogP contribution in [-0.2, 0) is 27.2 Å². The number of fused-ring (bicyclic) bond motifs is 1. The van der Waals surface area contributed by atoms with Crippen molar-refractivity contribution < 1.29 is 23.5 Å². The average Bonchev–Trinajstić information content (AvgIpc) is 2.88. The molecular formula is C26H32FN5O4. The quantitative estimate of drug-likeness (QED) is 0.247. The van der Waals surface area contributed by atoms with Gasteiger partial charge in [0, 0.05) is 37.6 Å². The second-order valence-electron chi connectivity index (χ2n) is 8.18. The minimum absolute atomic E-state index is 0.0545. The molecule has 1 aliphatic heterocycles. The Kier molecular flexibility index (Phi) is 9.79. The monoisotopic (exact) mass is 497 g/mol. The Morgan fingerprint density at radius 2 is 2.17 bits per heavy atom. The molecule has 1 aromatic carbocycles. The van der Waals surface area contributed by atoms with Gasteiger partial charge < -0.3 is 25.8 Å². The molecule has 1 atom stereocenters. The maximum atomic E-state index is 14.3. The molecule has 36 heavy (non-hydrogen) atoms. The lowest BCUT2D eigenvalue weighted by atomic mass is 10.0. The van der Waals surface area contributed by atoms with E-state index in [9.17, 15) is 14.0 Å². The molecule has 0 unspecified atom stereocenters.